The third kappa shape index (κ3) is 11.9. The molecule has 0 unspecified atom stereocenters. The second-order valence-corrected chi connectivity index (χ2v) is 0.443. The van der Waals surface area contributed by atoms with Crippen LogP contribution in [0.25, 0.3) is 0 Å². The summed E-state index contributed by atoms with van der Waals surface area (Å²) in [5, 5.41) is 0. The van der Waals surface area contributed by atoms with Crippen molar-refractivity contribution in [1.29, 1.82) is 0 Å². The number of hydrogen-bond acceptors (Lipinski definition) is 0. The van der Waals surface area contributed by atoms with Gasteiger partial charge in [-0.15, -0.1) is 6.58 Å². The van der Waals surface area contributed by atoms with Gasteiger partial charge in [0, 0.05) is 0 Å². The summed E-state index contributed by atoms with van der Waals surface area (Å²) in [5.74, 6) is 0. The van der Waals surface area contributed by atoms with Crippen LogP contribution in [-0.2, 0) is 0 Å². The Hall–Kier alpha value is 0.670. The van der Waals surface area contributed by atoms with E-state index in [1.54, 1.807) is 0 Å². The number of hydrogen-bond donors (Lipinski definition) is 0. The summed E-state index contributed by atoms with van der Waals surface area (Å²) in [6, 6.07) is 0. The minimum atomic E-state index is -0.417. The summed E-state index contributed by atoms with van der Waals surface area (Å²) < 4.78 is 10.6. The Bertz CT molecular complexity index is 24.8. The Morgan fingerprint density at radius 3 is 2.20 bits per heavy atom. The van der Waals surface area contributed by atoms with Gasteiger partial charge in [0.25, 0.3) is 0 Å². The van der Waals surface area contributed by atoms with Crippen LogP contribution in [0.3, 0.4) is 0 Å². The Morgan fingerprint density at radius 1 is 2.00 bits per heavy atom. The van der Waals surface area contributed by atoms with E-state index in [0.717, 1.165) is 0 Å². The molecule has 0 saturated carbocycles. The molecule has 26 valence electrons. The minimum Gasteiger partial charge on any atom is -1.00 e. The van der Waals surface area contributed by atoms with Crippen molar-refractivity contribution in [2.75, 3.05) is 6.67 Å². The zero-order chi connectivity index (χ0) is 3.41. The van der Waals surface area contributed by atoms with E-state index in [1.807, 2.05) is 0 Å². The van der Waals surface area contributed by atoms with Crippen LogP contribution in [0.15, 0.2) is 12.7 Å². The largest absolute Gasteiger partial charge is 1.00 e. The van der Waals surface area contributed by atoms with Gasteiger partial charge >= 0.3 is 29.6 Å². The molecule has 0 aliphatic heterocycles. The van der Waals surface area contributed by atoms with Crippen molar-refractivity contribution in [3.8, 4) is 0 Å². The monoisotopic (exact) mass is 84.0 g/mol. The van der Waals surface area contributed by atoms with Crippen molar-refractivity contribution in [1.82, 2.24) is 0 Å². The standard InChI is InChI=1S/C3H5F.Na.H/c1-2-3-4;;/h2H,1,3H2;;/q;+1;-1. The summed E-state index contributed by atoms with van der Waals surface area (Å²) in [7, 11) is 0. The number of rotatable bonds is 1. The first-order valence-corrected chi connectivity index (χ1v) is 1.08. The molecule has 0 N–H and O–H groups in total. The Morgan fingerprint density at radius 2 is 2.20 bits per heavy atom. The summed E-state index contributed by atoms with van der Waals surface area (Å²) in [6.07, 6.45) is 1.21. The molecule has 2 heteroatoms. The Kier molecular flexibility index (Phi) is 16.2. The second-order valence-electron chi connectivity index (χ2n) is 0.443. The van der Waals surface area contributed by atoms with Gasteiger partial charge in [0.15, 0.2) is 0 Å². The van der Waals surface area contributed by atoms with E-state index >= 15 is 0 Å². The SMILES string of the molecule is C=CCF.[H-].[Na+]. The van der Waals surface area contributed by atoms with E-state index in [-0.39, 0.29) is 31.0 Å². The molecule has 0 aliphatic rings. The fourth-order valence-corrected chi connectivity index (χ4v) is 0. The van der Waals surface area contributed by atoms with Gasteiger partial charge in [-0.1, -0.05) is 6.08 Å². The van der Waals surface area contributed by atoms with Gasteiger partial charge in [0.05, 0.1) is 0 Å². The van der Waals surface area contributed by atoms with Gasteiger partial charge in [0.2, 0.25) is 0 Å². The Balaban J connectivity index is -0.0000000450. The van der Waals surface area contributed by atoms with Crippen molar-refractivity contribution in [3.63, 3.8) is 0 Å². The molecule has 0 atom stereocenters. The fraction of sp³-hybridized carbons (Fsp3) is 0.333. The summed E-state index contributed by atoms with van der Waals surface area (Å²) in [4.78, 5) is 0. The molecule has 0 fully saturated rings. The molecule has 0 radical (unpaired) electrons. The van der Waals surface area contributed by atoms with Crippen LogP contribution in [0.1, 0.15) is 1.43 Å². The summed E-state index contributed by atoms with van der Waals surface area (Å²) in [6.45, 7) is 2.69. The van der Waals surface area contributed by atoms with Crippen LogP contribution in [0.4, 0.5) is 4.39 Å². The van der Waals surface area contributed by atoms with Crippen LogP contribution < -0.4 is 29.6 Å². The number of halogens is 1. The fourth-order valence-electron chi connectivity index (χ4n) is 0. The zero-order valence-corrected chi connectivity index (χ0v) is 5.37. The van der Waals surface area contributed by atoms with Gasteiger partial charge in [-0.2, -0.15) is 0 Å². The molecule has 0 rings (SSSR count). The van der Waals surface area contributed by atoms with E-state index in [0.29, 0.717) is 0 Å². The van der Waals surface area contributed by atoms with E-state index < -0.39 is 6.67 Å². The first-order chi connectivity index (χ1) is 1.91. The molecular weight excluding hydrogens is 78.0 g/mol. The second kappa shape index (κ2) is 8.82. The molecule has 0 aromatic carbocycles. The van der Waals surface area contributed by atoms with Crippen LogP contribution in [-0.4, -0.2) is 6.67 Å². The molecule has 0 aliphatic carbocycles. The van der Waals surface area contributed by atoms with Crippen molar-refractivity contribution >= 4 is 0 Å². The van der Waals surface area contributed by atoms with Crippen LogP contribution in [0, 0.1) is 0 Å². The van der Waals surface area contributed by atoms with Gasteiger partial charge < -0.3 is 1.43 Å². The van der Waals surface area contributed by atoms with E-state index in [1.165, 1.54) is 6.08 Å². The molecule has 0 amide bonds. The first kappa shape index (κ1) is 9.18. The smallest absolute Gasteiger partial charge is 1.00 e. The van der Waals surface area contributed by atoms with Crippen molar-refractivity contribution < 1.29 is 35.4 Å². The molecular formula is C3H6FNa. The first-order valence-electron chi connectivity index (χ1n) is 1.08. The third-order valence-corrected chi connectivity index (χ3v) is 0.109. The minimum absolute atomic E-state index is 0. The maximum absolute atomic E-state index is 10.6. The predicted molar refractivity (Wildman–Crippen MR) is 17.3 cm³/mol. The topological polar surface area (TPSA) is 0 Å². The average Bonchev–Trinajstić information content (AvgIpc) is 1.37. The number of alkyl halides is 1. The normalized spacial score (nSPS) is 5.00. The summed E-state index contributed by atoms with van der Waals surface area (Å²) >= 11 is 0. The van der Waals surface area contributed by atoms with Crippen LogP contribution in [0.2, 0.25) is 0 Å². The zero-order valence-electron chi connectivity index (χ0n) is 4.37. The quantitative estimate of drug-likeness (QED) is 0.261. The molecule has 0 spiro atoms. The van der Waals surface area contributed by atoms with Gasteiger partial charge in [0.1, 0.15) is 6.67 Å². The molecule has 5 heavy (non-hydrogen) atoms. The average molecular weight is 84.1 g/mol. The Labute approximate surface area is 54.8 Å². The molecule has 0 aromatic heterocycles. The van der Waals surface area contributed by atoms with Gasteiger partial charge in [-0.3, -0.25) is 0 Å². The summed E-state index contributed by atoms with van der Waals surface area (Å²) in [5.41, 5.74) is 0. The molecule has 0 saturated heterocycles. The van der Waals surface area contributed by atoms with E-state index in [4.69, 9.17) is 0 Å². The third-order valence-electron chi connectivity index (χ3n) is 0.109. The van der Waals surface area contributed by atoms with E-state index in [9.17, 15) is 4.39 Å². The number of allylic oxidation sites excluding steroid dienone is 1. The van der Waals surface area contributed by atoms with Gasteiger partial charge in [-0.25, -0.2) is 4.39 Å². The van der Waals surface area contributed by atoms with E-state index in [2.05, 4.69) is 6.58 Å². The van der Waals surface area contributed by atoms with Crippen molar-refractivity contribution in [2.45, 2.75) is 0 Å². The predicted octanol–water partition coefficient (Wildman–Crippen LogP) is -1.74. The molecule has 0 bridgehead atoms. The van der Waals surface area contributed by atoms with Crippen molar-refractivity contribution in [3.05, 3.63) is 12.7 Å². The van der Waals surface area contributed by atoms with Gasteiger partial charge in [-0.05, 0) is 0 Å². The molecule has 0 heterocycles. The maximum Gasteiger partial charge on any atom is 1.00 e. The molecule has 0 nitrogen and oxygen atoms in total. The maximum atomic E-state index is 10.6. The molecule has 0 aromatic rings. The van der Waals surface area contributed by atoms with Crippen LogP contribution >= 0.6 is 0 Å². The van der Waals surface area contributed by atoms with Crippen molar-refractivity contribution in [2.24, 2.45) is 0 Å². The van der Waals surface area contributed by atoms with Crippen LogP contribution in [0.5, 0.6) is 0 Å².